The van der Waals surface area contributed by atoms with Crippen LogP contribution in [-0.4, -0.2) is 40.4 Å². The van der Waals surface area contributed by atoms with Crippen LogP contribution in [0, 0.1) is 0 Å². The normalized spacial score (nSPS) is 15.6. The summed E-state index contributed by atoms with van der Waals surface area (Å²) < 4.78 is 5.10. The molecule has 130 valence electrons. The van der Waals surface area contributed by atoms with E-state index in [0.717, 1.165) is 37.0 Å². The van der Waals surface area contributed by atoms with Crippen LogP contribution in [0.25, 0.3) is 22.4 Å². The fourth-order valence-corrected chi connectivity index (χ4v) is 3.46. The molecule has 0 bridgehead atoms. The van der Waals surface area contributed by atoms with Crippen molar-refractivity contribution < 1.29 is 14.9 Å². The first kappa shape index (κ1) is 15.8. The van der Waals surface area contributed by atoms with Gasteiger partial charge >= 0.3 is 0 Å². The lowest BCUT2D eigenvalue weighted by atomic mass is 9.90. The van der Waals surface area contributed by atoms with Crippen molar-refractivity contribution in [1.82, 2.24) is 15.3 Å². The summed E-state index contributed by atoms with van der Waals surface area (Å²) in [5, 5.41) is 23.1. The van der Waals surface area contributed by atoms with Gasteiger partial charge in [-0.05, 0) is 61.7 Å². The second-order valence-electron chi connectivity index (χ2n) is 6.43. The van der Waals surface area contributed by atoms with Gasteiger partial charge in [0.25, 0.3) is 0 Å². The van der Waals surface area contributed by atoms with Gasteiger partial charge in [-0.1, -0.05) is 6.07 Å². The highest BCUT2D eigenvalue weighted by Crippen LogP contribution is 2.39. The number of hydrogen-bond donors (Lipinski definition) is 4. The number of nitrogens with zero attached hydrogens (tertiary/aromatic N) is 1. The molecule has 0 unspecified atom stereocenters. The molecular weight excluding hydrogens is 318 g/mol. The molecule has 0 amide bonds. The molecule has 1 aliphatic rings. The van der Waals surface area contributed by atoms with Gasteiger partial charge in [-0.2, -0.15) is 0 Å². The van der Waals surface area contributed by atoms with Crippen LogP contribution in [-0.2, 0) is 0 Å². The topological polar surface area (TPSA) is 90.4 Å². The van der Waals surface area contributed by atoms with Gasteiger partial charge in [-0.15, -0.1) is 0 Å². The van der Waals surface area contributed by atoms with Gasteiger partial charge in [0.1, 0.15) is 5.82 Å². The van der Waals surface area contributed by atoms with Crippen LogP contribution in [0.2, 0.25) is 0 Å². The Bertz CT molecular complexity index is 914. The Morgan fingerprint density at radius 1 is 1.12 bits per heavy atom. The van der Waals surface area contributed by atoms with E-state index >= 15 is 0 Å². The predicted molar refractivity (Wildman–Crippen MR) is 96.3 cm³/mol. The maximum atomic E-state index is 9.88. The molecule has 6 heteroatoms. The molecule has 0 spiro atoms. The smallest absolute Gasteiger partial charge is 0.200 e. The molecule has 1 aliphatic heterocycles. The Labute approximate surface area is 145 Å². The van der Waals surface area contributed by atoms with Crippen LogP contribution < -0.4 is 10.1 Å². The number of methoxy groups -OCH3 is 1. The molecule has 0 radical (unpaired) electrons. The Hall–Kier alpha value is -2.73. The Kier molecular flexibility index (Phi) is 3.97. The first-order valence-corrected chi connectivity index (χ1v) is 8.46. The van der Waals surface area contributed by atoms with Crippen LogP contribution in [0.15, 0.2) is 30.3 Å². The third-order valence-corrected chi connectivity index (χ3v) is 4.86. The molecule has 0 saturated carbocycles. The van der Waals surface area contributed by atoms with Crippen LogP contribution in [0.1, 0.15) is 24.3 Å². The highest BCUT2D eigenvalue weighted by molar-refractivity contribution is 5.81. The molecular formula is C19H21N3O3. The van der Waals surface area contributed by atoms with Gasteiger partial charge < -0.3 is 25.3 Å². The molecule has 25 heavy (non-hydrogen) atoms. The lowest BCUT2D eigenvalue weighted by molar-refractivity contribution is 0.351. The zero-order chi connectivity index (χ0) is 17.4. The van der Waals surface area contributed by atoms with Crippen LogP contribution in [0.3, 0.4) is 0 Å². The largest absolute Gasteiger partial charge is 0.504 e. The predicted octanol–water partition coefficient (Wildman–Crippen LogP) is 3.12. The van der Waals surface area contributed by atoms with Crippen LogP contribution in [0.4, 0.5) is 0 Å². The minimum absolute atomic E-state index is 0.214. The molecule has 0 aliphatic carbocycles. The highest BCUT2D eigenvalue weighted by Gasteiger charge is 2.17. The number of phenols is 2. The monoisotopic (exact) mass is 339 g/mol. The second kappa shape index (κ2) is 6.29. The zero-order valence-corrected chi connectivity index (χ0v) is 14.0. The summed E-state index contributed by atoms with van der Waals surface area (Å²) in [6.45, 7) is 2.12. The van der Waals surface area contributed by atoms with E-state index < -0.39 is 0 Å². The number of rotatable bonds is 3. The highest BCUT2D eigenvalue weighted by atomic mass is 16.5. The lowest BCUT2D eigenvalue weighted by Crippen LogP contribution is -2.26. The number of benzene rings is 2. The standard InChI is InChI=1S/C19H21N3O3/c1-25-17-10-13(9-16(23)18(17)24)19-21-14-3-2-12(8-15(14)22-19)11-4-6-20-7-5-11/h2-3,8-11,20,23-24H,4-7H2,1H3,(H,21,22). The van der Waals surface area contributed by atoms with Crippen molar-refractivity contribution in [1.29, 1.82) is 0 Å². The van der Waals surface area contributed by atoms with Gasteiger partial charge in [-0.25, -0.2) is 4.98 Å². The van der Waals surface area contributed by atoms with E-state index in [2.05, 4.69) is 27.4 Å². The van der Waals surface area contributed by atoms with Crippen LogP contribution in [0.5, 0.6) is 17.2 Å². The van der Waals surface area contributed by atoms with Gasteiger partial charge in [0.05, 0.1) is 18.1 Å². The fourth-order valence-electron chi connectivity index (χ4n) is 3.46. The number of ether oxygens (including phenoxy) is 1. The third kappa shape index (κ3) is 2.89. The average molecular weight is 339 g/mol. The number of nitrogens with one attached hydrogen (secondary N) is 2. The number of imidazole rings is 1. The van der Waals surface area contributed by atoms with Crippen molar-refractivity contribution in [2.45, 2.75) is 18.8 Å². The summed E-state index contributed by atoms with van der Waals surface area (Å²) in [4.78, 5) is 7.91. The average Bonchev–Trinajstić information content (AvgIpc) is 3.08. The quantitative estimate of drug-likeness (QED) is 0.551. The molecule has 3 aromatic rings. The summed E-state index contributed by atoms with van der Waals surface area (Å²) in [5.41, 5.74) is 3.83. The molecule has 2 aromatic carbocycles. The molecule has 0 atom stereocenters. The maximum Gasteiger partial charge on any atom is 0.200 e. The summed E-state index contributed by atoms with van der Waals surface area (Å²) in [6, 6.07) is 9.48. The number of aromatic amines is 1. The van der Waals surface area contributed by atoms with Crippen molar-refractivity contribution in [2.75, 3.05) is 20.2 Å². The molecule has 6 nitrogen and oxygen atoms in total. The summed E-state index contributed by atoms with van der Waals surface area (Å²) in [6.07, 6.45) is 2.30. The third-order valence-electron chi connectivity index (χ3n) is 4.86. The number of H-pyrrole nitrogens is 1. The number of aromatic hydroxyl groups is 2. The van der Waals surface area contributed by atoms with Crippen molar-refractivity contribution in [3.05, 3.63) is 35.9 Å². The van der Waals surface area contributed by atoms with E-state index in [9.17, 15) is 10.2 Å². The second-order valence-corrected chi connectivity index (χ2v) is 6.43. The van der Waals surface area contributed by atoms with Crippen LogP contribution >= 0.6 is 0 Å². The van der Waals surface area contributed by atoms with E-state index in [4.69, 9.17) is 4.74 Å². The molecule has 1 saturated heterocycles. The molecule has 4 rings (SSSR count). The number of piperidine rings is 1. The minimum Gasteiger partial charge on any atom is -0.504 e. The van der Waals surface area contributed by atoms with Crippen molar-refractivity contribution in [3.63, 3.8) is 0 Å². The maximum absolute atomic E-state index is 9.88. The summed E-state index contributed by atoms with van der Waals surface area (Å²) in [7, 11) is 1.45. The van der Waals surface area contributed by atoms with Crippen molar-refractivity contribution >= 4 is 11.0 Å². The Morgan fingerprint density at radius 2 is 1.92 bits per heavy atom. The van der Waals surface area contributed by atoms with Gasteiger partial charge in [0, 0.05) is 5.56 Å². The molecule has 2 heterocycles. The molecule has 4 N–H and O–H groups in total. The summed E-state index contributed by atoms with van der Waals surface area (Å²) >= 11 is 0. The minimum atomic E-state index is -0.268. The van der Waals surface area contributed by atoms with E-state index in [1.54, 1.807) is 6.07 Å². The Balaban J connectivity index is 1.73. The first-order chi connectivity index (χ1) is 12.2. The number of aromatic nitrogens is 2. The fraction of sp³-hybridized carbons (Fsp3) is 0.316. The van der Waals surface area contributed by atoms with Crippen molar-refractivity contribution in [2.24, 2.45) is 0 Å². The molecule has 1 aromatic heterocycles. The number of phenolic OH excluding ortho intramolecular Hbond substituents is 2. The summed E-state index contributed by atoms with van der Waals surface area (Å²) in [5.74, 6) is 0.924. The SMILES string of the molecule is COc1cc(-c2nc3ccc(C4CCNCC4)cc3[nH]2)cc(O)c1O. The van der Waals surface area contributed by atoms with Crippen molar-refractivity contribution in [3.8, 4) is 28.6 Å². The lowest BCUT2D eigenvalue weighted by Gasteiger charge is -2.22. The van der Waals surface area contributed by atoms with Gasteiger partial charge in [0.15, 0.2) is 11.5 Å². The van der Waals surface area contributed by atoms with E-state index in [1.165, 1.54) is 18.7 Å². The number of fused-ring (bicyclic) bond motifs is 1. The zero-order valence-electron chi connectivity index (χ0n) is 14.0. The Morgan fingerprint density at radius 3 is 2.68 bits per heavy atom. The number of hydrogen-bond acceptors (Lipinski definition) is 5. The van der Waals surface area contributed by atoms with E-state index in [0.29, 0.717) is 17.3 Å². The van der Waals surface area contributed by atoms with Gasteiger partial charge in [-0.3, -0.25) is 0 Å². The van der Waals surface area contributed by atoms with Gasteiger partial charge in [0.2, 0.25) is 5.75 Å². The van der Waals surface area contributed by atoms with E-state index in [1.807, 2.05) is 6.07 Å². The first-order valence-electron chi connectivity index (χ1n) is 8.46. The molecule has 1 fully saturated rings. The van der Waals surface area contributed by atoms with E-state index in [-0.39, 0.29) is 17.2 Å².